The van der Waals surface area contributed by atoms with Crippen LogP contribution in [-0.2, 0) is 16.6 Å². The van der Waals surface area contributed by atoms with E-state index in [9.17, 15) is 12.8 Å². The highest BCUT2D eigenvalue weighted by Gasteiger charge is 2.24. The average Bonchev–Trinajstić information content (AvgIpc) is 2.30. The first kappa shape index (κ1) is 15.8. The molecule has 4 nitrogen and oxygen atoms in total. The zero-order valence-corrected chi connectivity index (χ0v) is 12.2. The molecule has 0 radical (unpaired) electrons. The van der Waals surface area contributed by atoms with Crippen molar-refractivity contribution >= 4 is 10.0 Å². The van der Waals surface area contributed by atoms with E-state index in [2.05, 4.69) is 11.9 Å². The number of hydrogen-bond acceptors (Lipinski definition) is 3. The van der Waals surface area contributed by atoms with E-state index in [0.717, 1.165) is 4.31 Å². The SMILES string of the molecule is C=C(C)CN(C)S(=O)(=O)c1cc(CNC)ccc1F. The molecule has 0 atom stereocenters. The summed E-state index contributed by atoms with van der Waals surface area (Å²) < 4.78 is 39.4. The van der Waals surface area contributed by atoms with Gasteiger partial charge in [0.2, 0.25) is 10.0 Å². The molecule has 0 amide bonds. The average molecular weight is 286 g/mol. The predicted molar refractivity (Wildman–Crippen MR) is 73.8 cm³/mol. The van der Waals surface area contributed by atoms with Crippen LogP contribution in [-0.4, -0.2) is 33.4 Å². The molecule has 1 N–H and O–H groups in total. The van der Waals surface area contributed by atoms with Crippen LogP contribution in [0.1, 0.15) is 12.5 Å². The Bertz CT molecular complexity index is 570. The molecule has 0 bridgehead atoms. The lowest BCUT2D eigenvalue weighted by atomic mass is 10.2. The molecule has 0 saturated carbocycles. The second-order valence-electron chi connectivity index (χ2n) is 4.51. The molecular weight excluding hydrogens is 267 g/mol. The first-order valence-corrected chi connectivity index (χ1v) is 7.26. The summed E-state index contributed by atoms with van der Waals surface area (Å²) in [5.74, 6) is -0.742. The lowest BCUT2D eigenvalue weighted by molar-refractivity contribution is 0.483. The third-order valence-electron chi connectivity index (χ3n) is 2.56. The highest BCUT2D eigenvalue weighted by atomic mass is 32.2. The van der Waals surface area contributed by atoms with Gasteiger partial charge in [0.05, 0.1) is 0 Å². The van der Waals surface area contributed by atoms with Crippen molar-refractivity contribution in [2.45, 2.75) is 18.4 Å². The molecular formula is C13H19FN2O2S. The van der Waals surface area contributed by atoms with Crippen molar-refractivity contribution in [3.8, 4) is 0 Å². The van der Waals surface area contributed by atoms with Crippen LogP contribution in [0.4, 0.5) is 4.39 Å². The summed E-state index contributed by atoms with van der Waals surface area (Å²) in [6, 6.07) is 4.09. The summed E-state index contributed by atoms with van der Waals surface area (Å²) in [4.78, 5) is -0.302. The number of halogens is 1. The lowest BCUT2D eigenvalue weighted by Crippen LogP contribution is -2.29. The Labute approximate surface area is 114 Å². The summed E-state index contributed by atoms with van der Waals surface area (Å²) >= 11 is 0. The van der Waals surface area contributed by atoms with Crippen molar-refractivity contribution < 1.29 is 12.8 Å². The van der Waals surface area contributed by atoms with Crippen molar-refractivity contribution in [2.75, 3.05) is 20.6 Å². The third-order valence-corrected chi connectivity index (χ3v) is 4.38. The van der Waals surface area contributed by atoms with Crippen LogP contribution in [0.3, 0.4) is 0 Å². The van der Waals surface area contributed by atoms with E-state index < -0.39 is 15.8 Å². The van der Waals surface area contributed by atoms with E-state index in [-0.39, 0.29) is 11.4 Å². The van der Waals surface area contributed by atoms with E-state index in [1.807, 2.05) is 0 Å². The quantitative estimate of drug-likeness (QED) is 0.810. The van der Waals surface area contributed by atoms with Gasteiger partial charge in [-0.1, -0.05) is 18.2 Å². The van der Waals surface area contributed by atoms with Crippen molar-refractivity contribution in [3.05, 3.63) is 41.7 Å². The van der Waals surface area contributed by atoms with Crippen molar-refractivity contribution in [2.24, 2.45) is 0 Å². The molecule has 0 saturated heterocycles. The van der Waals surface area contributed by atoms with Gasteiger partial charge in [0.25, 0.3) is 0 Å². The predicted octanol–water partition coefficient (Wildman–Crippen LogP) is 1.74. The van der Waals surface area contributed by atoms with Crippen LogP contribution < -0.4 is 5.32 Å². The number of benzene rings is 1. The topological polar surface area (TPSA) is 49.4 Å². The van der Waals surface area contributed by atoms with E-state index in [0.29, 0.717) is 17.7 Å². The van der Waals surface area contributed by atoms with Gasteiger partial charge in [0.1, 0.15) is 10.7 Å². The van der Waals surface area contributed by atoms with Crippen molar-refractivity contribution in [1.29, 1.82) is 0 Å². The Morgan fingerprint density at radius 3 is 2.63 bits per heavy atom. The van der Waals surface area contributed by atoms with E-state index >= 15 is 0 Å². The van der Waals surface area contributed by atoms with Crippen molar-refractivity contribution in [3.63, 3.8) is 0 Å². The summed E-state index contributed by atoms with van der Waals surface area (Å²) in [5.41, 5.74) is 1.41. The van der Waals surface area contributed by atoms with Gasteiger partial charge in [-0.25, -0.2) is 12.8 Å². The highest BCUT2D eigenvalue weighted by Crippen LogP contribution is 2.20. The second-order valence-corrected chi connectivity index (χ2v) is 6.53. The van der Waals surface area contributed by atoms with Gasteiger partial charge < -0.3 is 5.32 Å². The Hall–Kier alpha value is -1.24. The fourth-order valence-electron chi connectivity index (χ4n) is 1.69. The molecule has 0 spiro atoms. The van der Waals surface area contributed by atoms with Gasteiger partial charge in [0.15, 0.2) is 0 Å². The van der Waals surface area contributed by atoms with E-state index in [4.69, 9.17) is 0 Å². The smallest absolute Gasteiger partial charge is 0.246 e. The fraction of sp³-hybridized carbons (Fsp3) is 0.385. The fourth-order valence-corrected chi connectivity index (χ4v) is 3.03. The molecule has 1 rings (SSSR count). The van der Waals surface area contributed by atoms with Crippen LogP contribution in [0.25, 0.3) is 0 Å². The molecule has 106 valence electrons. The summed E-state index contributed by atoms with van der Waals surface area (Å²) in [7, 11) is -0.684. The molecule has 0 unspecified atom stereocenters. The molecule has 6 heteroatoms. The minimum absolute atomic E-state index is 0.165. The number of likely N-dealkylation sites (N-methyl/N-ethyl adjacent to an activating group) is 1. The molecule has 1 aromatic carbocycles. The molecule has 19 heavy (non-hydrogen) atoms. The highest BCUT2D eigenvalue weighted by molar-refractivity contribution is 7.89. The normalized spacial score (nSPS) is 11.8. The van der Waals surface area contributed by atoms with Crippen molar-refractivity contribution in [1.82, 2.24) is 9.62 Å². The molecule has 1 aromatic rings. The van der Waals surface area contributed by atoms with Crippen LogP contribution in [0, 0.1) is 5.82 Å². The van der Waals surface area contributed by atoms with Gasteiger partial charge in [0, 0.05) is 20.1 Å². The van der Waals surface area contributed by atoms with Gasteiger partial charge in [-0.05, 0) is 31.7 Å². The number of hydrogen-bond donors (Lipinski definition) is 1. The largest absolute Gasteiger partial charge is 0.316 e. The standard InChI is InChI=1S/C13H19FN2O2S/c1-10(2)9-16(4)19(17,18)13-7-11(8-15-3)5-6-12(13)14/h5-7,15H,1,8-9H2,2-4H3. The Morgan fingerprint density at radius 1 is 1.47 bits per heavy atom. The van der Waals surface area contributed by atoms with Crippen LogP contribution in [0.15, 0.2) is 35.2 Å². The van der Waals surface area contributed by atoms with Crippen LogP contribution in [0.2, 0.25) is 0 Å². The Balaban J connectivity index is 3.19. The lowest BCUT2D eigenvalue weighted by Gasteiger charge is -2.18. The van der Waals surface area contributed by atoms with Crippen LogP contribution >= 0.6 is 0 Å². The number of nitrogens with one attached hydrogen (secondary N) is 1. The van der Waals surface area contributed by atoms with E-state index in [1.54, 1.807) is 20.0 Å². The maximum Gasteiger partial charge on any atom is 0.246 e. The van der Waals surface area contributed by atoms with Gasteiger partial charge in [-0.15, -0.1) is 0 Å². The maximum atomic E-state index is 13.8. The molecule has 0 heterocycles. The molecule has 0 aliphatic carbocycles. The number of rotatable bonds is 6. The van der Waals surface area contributed by atoms with Gasteiger partial charge in [-0.3, -0.25) is 0 Å². The zero-order valence-electron chi connectivity index (χ0n) is 11.4. The molecule has 0 aliphatic rings. The minimum Gasteiger partial charge on any atom is -0.316 e. The molecule has 0 aromatic heterocycles. The third kappa shape index (κ3) is 3.86. The minimum atomic E-state index is -3.84. The monoisotopic (exact) mass is 286 g/mol. The zero-order chi connectivity index (χ0) is 14.6. The Morgan fingerprint density at radius 2 is 2.11 bits per heavy atom. The van der Waals surface area contributed by atoms with Gasteiger partial charge in [-0.2, -0.15) is 4.31 Å². The number of sulfonamides is 1. The maximum absolute atomic E-state index is 13.8. The second kappa shape index (κ2) is 6.27. The Kier molecular flexibility index (Phi) is 5.22. The summed E-state index contributed by atoms with van der Waals surface area (Å²) in [6.07, 6.45) is 0. The number of nitrogens with zero attached hydrogens (tertiary/aromatic N) is 1. The molecule has 0 aliphatic heterocycles. The van der Waals surface area contributed by atoms with E-state index in [1.165, 1.54) is 19.2 Å². The summed E-state index contributed by atoms with van der Waals surface area (Å²) in [5, 5.41) is 2.90. The summed E-state index contributed by atoms with van der Waals surface area (Å²) in [6.45, 7) is 6.03. The first-order valence-electron chi connectivity index (χ1n) is 5.82. The van der Waals surface area contributed by atoms with Gasteiger partial charge >= 0.3 is 0 Å². The van der Waals surface area contributed by atoms with Crippen LogP contribution in [0.5, 0.6) is 0 Å². The molecule has 0 fully saturated rings. The first-order chi connectivity index (χ1) is 8.78.